The van der Waals surface area contributed by atoms with Crippen LogP contribution in [0.4, 0.5) is 22.7 Å². The van der Waals surface area contributed by atoms with E-state index in [0.29, 0.717) is 22.6 Å². The Bertz CT molecular complexity index is 2370. The number of anilines is 2. The van der Waals surface area contributed by atoms with Gasteiger partial charge in [-0.05, 0) is 141 Å². The third-order valence-corrected chi connectivity index (χ3v) is 22.7. The largest absolute Gasteiger partial charge is 0.502 e. The van der Waals surface area contributed by atoms with E-state index in [1.54, 1.807) is 118 Å². The summed E-state index contributed by atoms with van der Waals surface area (Å²) in [4.78, 5) is 25.2. The first-order valence-electron chi connectivity index (χ1n) is 27.1. The summed E-state index contributed by atoms with van der Waals surface area (Å²) in [6.07, 6.45) is 23.8. The number of halogens is 4. The van der Waals surface area contributed by atoms with Crippen molar-refractivity contribution in [2.45, 2.75) is 195 Å². The molecule has 76 heavy (non-hydrogen) atoms. The minimum Gasteiger partial charge on any atom is -0.502 e. The Hall–Kier alpha value is -2.54. The summed E-state index contributed by atoms with van der Waals surface area (Å²) < 4.78 is 14.3. The van der Waals surface area contributed by atoms with Crippen LogP contribution in [0.3, 0.4) is 0 Å². The molecule has 3 aliphatic carbocycles. The third-order valence-electron chi connectivity index (χ3n) is 14.4. The molecular weight excluding hydrogens is 1240 g/mol. The van der Waals surface area contributed by atoms with E-state index < -0.39 is 36.9 Å². The van der Waals surface area contributed by atoms with Crippen molar-refractivity contribution in [2.75, 3.05) is 22.9 Å². The predicted molar refractivity (Wildman–Crippen MR) is 321 cm³/mol. The molecule has 424 valence electrons. The van der Waals surface area contributed by atoms with Gasteiger partial charge in [-0.2, -0.15) is 6.67 Å². The molecule has 0 spiro atoms. The second-order valence-corrected chi connectivity index (χ2v) is 36.3. The van der Waals surface area contributed by atoms with Crippen LogP contribution >= 0.6 is 46.7 Å². The summed E-state index contributed by atoms with van der Waals surface area (Å²) in [6, 6.07) is 17.9. The fourth-order valence-electron chi connectivity index (χ4n) is 11.7. The average molecular weight is 1320 g/mol. The number of benzene rings is 4. The van der Waals surface area contributed by atoms with Crippen molar-refractivity contribution in [1.29, 1.82) is 0 Å². The molecule has 1 aliphatic heterocycles. The maximum Gasteiger partial charge on any atom is 0.0146 e. The van der Waals surface area contributed by atoms with E-state index in [-0.39, 0.29) is 31.5 Å². The van der Waals surface area contributed by atoms with Gasteiger partial charge >= 0.3 is 225 Å². The quantitative estimate of drug-likeness (QED) is 0.0428. The van der Waals surface area contributed by atoms with Crippen LogP contribution in [0.15, 0.2) is 60.7 Å². The average Bonchev–Trinajstić information content (AvgIpc) is 3.81. The molecule has 4 aliphatic rings. The zero-order valence-electron chi connectivity index (χ0n) is 46.4. The maximum atomic E-state index is 10.7. The van der Waals surface area contributed by atoms with Crippen LogP contribution in [0, 0.1) is 68.4 Å². The van der Waals surface area contributed by atoms with Crippen molar-refractivity contribution < 1.29 is 46.4 Å². The molecule has 4 fully saturated rings. The van der Waals surface area contributed by atoms with E-state index in [9.17, 15) is 20.2 Å². The standard InChI is InChI=1S/C21H27N2.C18H33P.2C10H11NO3.4ClH.2Ru/c1-14-9-16(3)20(17(4)10-14)22-7-8-23(13-22)21-18(5)11-15(2)12-19(21)6;1-4-10-16(11-5-1)19(17-12-6-2-7-13-17)18-14-8-3-9-15-18;2*1-7(2)14-10-5-4-9(11(12)13)6-8(10)3;;;;;;/h9-13H,7-8H2,1-6H3;16-18H,1-15H2;2*3-7H,1-2H3;4*1H;;/q-1;;;;;;;;2*+2/p-3. The molecule has 0 radical (unpaired) electrons. The molecule has 0 amide bonds. The first-order valence-corrected chi connectivity index (χ1v) is 39.8. The first kappa shape index (κ1) is 64.3. The normalized spacial score (nSPS) is 16.7. The van der Waals surface area contributed by atoms with Crippen LogP contribution in [-0.2, 0) is 27.0 Å². The van der Waals surface area contributed by atoms with E-state index in [0.717, 1.165) is 13.1 Å². The van der Waals surface area contributed by atoms with Crippen molar-refractivity contribution in [3.8, 4) is 11.5 Å². The number of nitro benzene ring substituents is 2. The molecule has 1 saturated heterocycles. The molecule has 1 heterocycles. The summed E-state index contributed by atoms with van der Waals surface area (Å²) in [7, 11) is 23.1. The van der Waals surface area contributed by atoms with Crippen molar-refractivity contribution in [1.82, 2.24) is 0 Å². The molecule has 10 nitrogen and oxygen atoms in total. The zero-order chi connectivity index (χ0) is 55.6. The monoisotopic (exact) mass is 1320 g/mol. The number of ether oxygens (including phenoxy) is 2. The van der Waals surface area contributed by atoms with Gasteiger partial charge in [-0.3, -0.25) is 0 Å². The fraction of sp³-hybridized carbons (Fsp3) is 0.542. The first-order chi connectivity index (χ1) is 36.1. The van der Waals surface area contributed by atoms with Gasteiger partial charge in [-0.15, -0.1) is 0 Å². The number of aryl methyl sites for hydroxylation is 6. The molecule has 0 unspecified atom stereocenters. The Morgan fingerprint density at radius 1 is 0.539 bits per heavy atom. The summed E-state index contributed by atoms with van der Waals surface area (Å²) in [5, 5.41) is 21.3. The number of hydrogen-bond donors (Lipinski definition) is 0. The van der Waals surface area contributed by atoms with E-state index >= 15 is 0 Å². The molecular formula is C59H83Cl4N4O6PRu2. The summed E-state index contributed by atoms with van der Waals surface area (Å²) in [6.45, 7) is 25.1. The van der Waals surface area contributed by atoms with Crippen LogP contribution in [0.1, 0.15) is 169 Å². The number of nitrogens with zero attached hydrogens (tertiary/aromatic N) is 4. The van der Waals surface area contributed by atoms with Gasteiger partial charge in [0.05, 0.1) is 17.0 Å². The molecule has 17 heteroatoms. The SMILES string of the molecule is C1CCC([PH+](C2CCCCC2)C2CCCCC2)CC1.CC(C)Oc1ccc([N+](=O)[O-])cc1[CH]=[Ru]([Cl])[Cl].CC(C)Oc1ccc([N+](=O)[O-])cc1[CH]=[Ru]([Cl])[Cl].Cc1cc(C)c(N2[CH-]N(c3c(C)cc(C)cc3C)CC2)c(C)c1. The van der Waals surface area contributed by atoms with Gasteiger partial charge in [-0.1, -0.05) is 54.7 Å². The molecule has 0 atom stereocenters. The molecule has 0 bridgehead atoms. The number of non-ortho nitro benzene ring substituents is 2. The van der Waals surface area contributed by atoms with Crippen LogP contribution in [0.2, 0.25) is 0 Å². The minimum atomic E-state index is -2.05. The Morgan fingerprint density at radius 3 is 1.11 bits per heavy atom. The molecule has 8 rings (SSSR count). The van der Waals surface area contributed by atoms with Crippen molar-refractivity contribution in [3.63, 3.8) is 0 Å². The Balaban J connectivity index is 0.000000189. The summed E-state index contributed by atoms with van der Waals surface area (Å²) in [5.41, 5.74) is 15.7. The van der Waals surface area contributed by atoms with Crippen molar-refractivity contribution in [2.24, 2.45) is 0 Å². The van der Waals surface area contributed by atoms with E-state index in [1.165, 1.54) is 86.0 Å². The minimum absolute atomic E-state index is 0.00360. The molecule has 0 aromatic heterocycles. The molecule has 3 saturated carbocycles. The Labute approximate surface area is 482 Å². The van der Waals surface area contributed by atoms with Gasteiger partial charge in [0.1, 0.15) is 0 Å². The number of hydrogen-bond acceptors (Lipinski definition) is 8. The van der Waals surface area contributed by atoms with Gasteiger partial charge in [-0.25, -0.2) is 0 Å². The van der Waals surface area contributed by atoms with Crippen LogP contribution in [0.5, 0.6) is 11.5 Å². The van der Waals surface area contributed by atoms with Gasteiger partial charge in [0.15, 0.2) is 0 Å². The third kappa shape index (κ3) is 20.2. The van der Waals surface area contributed by atoms with Gasteiger partial charge in [0, 0.05) is 32.4 Å². The Morgan fingerprint density at radius 2 is 0.842 bits per heavy atom. The van der Waals surface area contributed by atoms with Crippen LogP contribution in [-0.4, -0.2) is 61.3 Å². The molecule has 4 aromatic rings. The second-order valence-electron chi connectivity index (χ2n) is 21.4. The van der Waals surface area contributed by atoms with Crippen molar-refractivity contribution in [3.05, 3.63) is 132 Å². The van der Waals surface area contributed by atoms with Gasteiger partial charge < -0.3 is 9.80 Å². The van der Waals surface area contributed by atoms with Crippen LogP contribution < -0.4 is 19.3 Å². The summed E-state index contributed by atoms with van der Waals surface area (Å²) in [5.74, 6) is 1.12. The van der Waals surface area contributed by atoms with Crippen molar-refractivity contribution >= 4 is 78.7 Å². The van der Waals surface area contributed by atoms with E-state index in [1.807, 2.05) is 27.7 Å². The predicted octanol–water partition coefficient (Wildman–Crippen LogP) is 18.1. The molecule has 0 N–H and O–H groups in total. The van der Waals surface area contributed by atoms with E-state index in [4.69, 9.17) is 48.2 Å². The maximum absolute atomic E-state index is 10.7. The van der Waals surface area contributed by atoms with E-state index in [2.05, 4.69) is 82.3 Å². The number of nitro groups is 2. The second kappa shape index (κ2) is 32.0. The van der Waals surface area contributed by atoms with Gasteiger partial charge in [0.2, 0.25) is 0 Å². The van der Waals surface area contributed by atoms with Crippen LogP contribution in [0.25, 0.3) is 0 Å². The molecule has 4 aromatic carbocycles. The zero-order valence-corrected chi connectivity index (χ0v) is 53.9. The summed E-state index contributed by atoms with van der Waals surface area (Å²) >= 11 is -4.09. The smallest absolute Gasteiger partial charge is 0.0146 e. The number of rotatable bonds is 13. The topological polar surface area (TPSA) is 111 Å². The Kier molecular flexibility index (Phi) is 27.1. The van der Waals surface area contributed by atoms with Gasteiger partial charge in [0.25, 0.3) is 0 Å². The fourth-order valence-corrected chi connectivity index (χ4v) is 20.5.